The molecule has 0 bridgehead atoms. The van der Waals surface area contributed by atoms with Crippen LogP contribution in [0.5, 0.6) is 0 Å². The van der Waals surface area contributed by atoms with E-state index in [-0.39, 0.29) is 17.4 Å². The molecule has 0 radical (unpaired) electrons. The zero-order chi connectivity index (χ0) is 18.9. The van der Waals surface area contributed by atoms with Gasteiger partial charge in [0.2, 0.25) is 5.91 Å². The lowest BCUT2D eigenvalue weighted by molar-refractivity contribution is -0.138. The predicted octanol–water partition coefficient (Wildman–Crippen LogP) is 4.51. The van der Waals surface area contributed by atoms with Gasteiger partial charge in [0.05, 0.1) is 5.56 Å². The number of rotatable bonds is 5. The number of carbonyl (C=O) groups excluding carboxylic acids is 1. The zero-order valence-corrected chi connectivity index (χ0v) is 14.7. The van der Waals surface area contributed by atoms with Crippen LogP contribution in [-0.4, -0.2) is 24.9 Å². The lowest BCUT2D eigenvalue weighted by Crippen LogP contribution is -2.16. The van der Waals surface area contributed by atoms with Crippen molar-refractivity contribution in [2.75, 3.05) is 19.4 Å². The molecule has 0 saturated heterocycles. The summed E-state index contributed by atoms with van der Waals surface area (Å²) in [5.74, 6) is -1.03. The second-order valence-electron chi connectivity index (χ2n) is 6.96. The van der Waals surface area contributed by atoms with Gasteiger partial charge in [0, 0.05) is 18.2 Å². The van der Waals surface area contributed by atoms with Gasteiger partial charge in [-0.25, -0.2) is 0 Å². The maximum Gasteiger partial charge on any atom is 0.416 e. The Morgan fingerprint density at radius 2 is 1.88 bits per heavy atom. The lowest BCUT2D eigenvalue weighted by Gasteiger charge is -2.13. The Kier molecular flexibility index (Phi) is 5.05. The molecule has 0 heterocycles. The zero-order valence-electron chi connectivity index (χ0n) is 14.7. The van der Waals surface area contributed by atoms with E-state index in [0.717, 1.165) is 18.2 Å². The highest BCUT2D eigenvalue weighted by molar-refractivity contribution is 5.95. The van der Waals surface area contributed by atoms with Crippen molar-refractivity contribution in [2.24, 2.45) is 5.92 Å². The van der Waals surface area contributed by atoms with Crippen LogP contribution in [0.15, 0.2) is 48.5 Å². The summed E-state index contributed by atoms with van der Waals surface area (Å²) in [4.78, 5) is 14.5. The maximum absolute atomic E-state index is 13.2. The van der Waals surface area contributed by atoms with Gasteiger partial charge in [-0.2, -0.15) is 13.2 Å². The largest absolute Gasteiger partial charge is 0.416 e. The molecule has 26 heavy (non-hydrogen) atoms. The van der Waals surface area contributed by atoms with Gasteiger partial charge in [-0.15, -0.1) is 0 Å². The van der Waals surface area contributed by atoms with Gasteiger partial charge in [0.25, 0.3) is 0 Å². The minimum absolute atomic E-state index is 0.210. The molecule has 0 aliphatic heterocycles. The van der Waals surface area contributed by atoms with Crippen molar-refractivity contribution < 1.29 is 18.0 Å². The summed E-state index contributed by atoms with van der Waals surface area (Å²) in [5, 5.41) is 2.84. The molecule has 1 N–H and O–H groups in total. The third kappa shape index (κ3) is 4.25. The van der Waals surface area contributed by atoms with Gasteiger partial charge in [-0.1, -0.05) is 30.3 Å². The van der Waals surface area contributed by atoms with E-state index >= 15 is 0 Å². The molecule has 1 saturated carbocycles. The number of alkyl halides is 3. The summed E-state index contributed by atoms with van der Waals surface area (Å²) in [6.07, 6.45) is -3.96. The quantitative estimate of drug-likeness (QED) is 0.849. The Morgan fingerprint density at radius 3 is 2.58 bits per heavy atom. The monoisotopic (exact) mass is 362 g/mol. The highest BCUT2D eigenvalue weighted by Gasteiger charge is 2.47. The number of nitrogens with one attached hydrogen (secondary N) is 1. The molecule has 1 aliphatic carbocycles. The second kappa shape index (κ2) is 7.11. The molecule has 6 heteroatoms. The standard InChI is InChI=1S/C20H21F3N2O/c1-25(2)12-13-6-5-7-14(10-13)24-19(26)17-11-16(17)15-8-3-4-9-18(15)20(21,22)23/h3-10,16-17H,11-12H2,1-2H3,(H,24,26). The van der Waals surface area contributed by atoms with Gasteiger partial charge in [-0.3, -0.25) is 4.79 Å². The Hall–Kier alpha value is -2.34. The smallest absolute Gasteiger partial charge is 0.326 e. The molecule has 2 atom stereocenters. The third-order valence-electron chi connectivity index (χ3n) is 4.49. The summed E-state index contributed by atoms with van der Waals surface area (Å²) < 4.78 is 39.5. The number of hydrogen-bond donors (Lipinski definition) is 1. The van der Waals surface area contributed by atoms with Gasteiger partial charge < -0.3 is 10.2 Å². The molecule has 138 valence electrons. The van der Waals surface area contributed by atoms with Crippen LogP contribution in [0.1, 0.15) is 29.0 Å². The number of nitrogens with zero attached hydrogens (tertiary/aromatic N) is 1. The van der Waals surface area contributed by atoms with E-state index < -0.39 is 17.7 Å². The molecule has 1 aliphatic rings. The van der Waals surface area contributed by atoms with Crippen molar-refractivity contribution in [1.82, 2.24) is 4.90 Å². The molecule has 2 unspecified atom stereocenters. The first-order valence-electron chi connectivity index (χ1n) is 8.46. The molecule has 0 spiro atoms. The van der Waals surface area contributed by atoms with E-state index in [1.54, 1.807) is 12.1 Å². The fourth-order valence-corrected chi connectivity index (χ4v) is 3.25. The summed E-state index contributed by atoms with van der Waals surface area (Å²) in [5.41, 5.74) is 1.29. The van der Waals surface area contributed by atoms with E-state index in [4.69, 9.17) is 0 Å². The molecular formula is C20H21F3N2O. The van der Waals surface area contributed by atoms with E-state index in [0.29, 0.717) is 12.1 Å². The second-order valence-corrected chi connectivity index (χ2v) is 6.96. The Balaban J connectivity index is 1.69. The van der Waals surface area contributed by atoms with Gasteiger partial charge >= 0.3 is 6.18 Å². The number of hydrogen-bond acceptors (Lipinski definition) is 2. The summed E-state index contributed by atoms with van der Waals surface area (Å²) >= 11 is 0. The predicted molar refractivity (Wildman–Crippen MR) is 94.8 cm³/mol. The number of benzene rings is 2. The average Bonchev–Trinajstić information content (AvgIpc) is 3.34. The molecule has 0 aromatic heterocycles. The van der Waals surface area contributed by atoms with Gasteiger partial charge in [-0.05, 0) is 55.8 Å². The Labute approximate surface area is 150 Å². The van der Waals surface area contributed by atoms with E-state index in [9.17, 15) is 18.0 Å². The number of carbonyl (C=O) groups is 1. The summed E-state index contributed by atoms with van der Waals surface area (Å²) in [6, 6.07) is 13.0. The van der Waals surface area contributed by atoms with Crippen molar-refractivity contribution in [3.63, 3.8) is 0 Å². The van der Waals surface area contributed by atoms with Crippen molar-refractivity contribution in [3.05, 3.63) is 65.2 Å². The van der Waals surface area contributed by atoms with Gasteiger partial charge in [0.15, 0.2) is 0 Å². The van der Waals surface area contributed by atoms with Crippen molar-refractivity contribution in [2.45, 2.75) is 25.1 Å². The normalized spacial score (nSPS) is 19.5. The Morgan fingerprint density at radius 1 is 1.15 bits per heavy atom. The van der Waals surface area contributed by atoms with Crippen LogP contribution in [0.25, 0.3) is 0 Å². The van der Waals surface area contributed by atoms with Crippen molar-refractivity contribution >= 4 is 11.6 Å². The molecule has 1 amide bonds. The SMILES string of the molecule is CN(C)Cc1cccc(NC(=O)C2CC2c2ccccc2C(F)(F)F)c1. The lowest BCUT2D eigenvalue weighted by atomic mass is 10.0. The van der Waals surface area contributed by atoms with Crippen molar-refractivity contribution in [1.29, 1.82) is 0 Å². The van der Waals surface area contributed by atoms with Gasteiger partial charge in [0.1, 0.15) is 0 Å². The summed E-state index contributed by atoms with van der Waals surface area (Å²) in [6.45, 7) is 0.745. The average molecular weight is 362 g/mol. The van der Waals surface area contributed by atoms with E-state index in [1.807, 2.05) is 37.2 Å². The van der Waals surface area contributed by atoms with Crippen LogP contribution >= 0.6 is 0 Å². The first kappa shape index (κ1) is 18.5. The fraction of sp³-hybridized carbons (Fsp3) is 0.350. The molecule has 2 aromatic carbocycles. The van der Waals surface area contributed by atoms with Crippen LogP contribution in [0.4, 0.5) is 18.9 Å². The minimum Gasteiger partial charge on any atom is -0.326 e. The molecule has 3 rings (SSSR count). The summed E-state index contributed by atoms with van der Waals surface area (Å²) in [7, 11) is 3.91. The fourth-order valence-electron chi connectivity index (χ4n) is 3.25. The van der Waals surface area contributed by atoms with Crippen LogP contribution in [0, 0.1) is 5.92 Å². The molecule has 3 nitrogen and oxygen atoms in total. The van der Waals surface area contributed by atoms with Crippen LogP contribution in [0.2, 0.25) is 0 Å². The number of halogens is 3. The molecule has 1 fully saturated rings. The van der Waals surface area contributed by atoms with Crippen LogP contribution in [-0.2, 0) is 17.5 Å². The highest BCUT2D eigenvalue weighted by Crippen LogP contribution is 2.51. The van der Waals surface area contributed by atoms with Crippen molar-refractivity contribution in [3.8, 4) is 0 Å². The highest BCUT2D eigenvalue weighted by atomic mass is 19.4. The first-order chi connectivity index (χ1) is 12.3. The van der Waals surface area contributed by atoms with Crippen LogP contribution < -0.4 is 5.32 Å². The topological polar surface area (TPSA) is 32.3 Å². The van der Waals surface area contributed by atoms with E-state index in [1.165, 1.54) is 12.1 Å². The van der Waals surface area contributed by atoms with Crippen LogP contribution in [0.3, 0.4) is 0 Å². The Bertz CT molecular complexity index is 802. The van der Waals surface area contributed by atoms with E-state index in [2.05, 4.69) is 5.32 Å². The first-order valence-corrected chi connectivity index (χ1v) is 8.46. The third-order valence-corrected chi connectivity index (χ3v) is 4.49. The number of anilines is 1. The molecule has 2 aromatic rings. The number of amides is 1. The maximum atomic E-state index is 13.2. The minimum atomic E-state index is -4.40. The molecular weight excluding hydrogens is 341 g/mol.